The Hall–Kier alpha value is -2.23. The molecule has 1 unspecified atom stereocenters. The minimum atomic E-state index is -0.202. The van der Waals surface area contributed by atoms with Crippen molar-refractivity contribution >= 4 is 5.97 Å². The fourth-order valence-electron chi connectivity index (χ4n) is 3.77. The lowest BCUT2D eigenvalue weighted by atomic mass is 10.0. The standard InChI is InChI=1S/C28H42N2O2/c1-4-6-7-8-12-15-24-17-19-25(20-18-24)28-29-21-26(22-30-28)32-27(31)16-13-10-9-11-14-23(3)5-2/h17-23H,4-16H2,1-3H3. The van der Waals surface area contributed by atoms with Crippen LogP contribution in [-0.4, -0.2) is 15.9 Å². The van der Waals surface area contributed by atoms with Gasteiger partial charge >= 0.3 is 5.97 Å². The number of carbonyl (C=O) groups excluding carboxylic acids is 1. The predicted octanol–water partition coefficient (Wildman–Crippen LogP) is 7.95. The summed E-state index contributed by atoms with van der Waals surface area (Å²) in [5.41, 5.74) is 2.34. The third-order valence-corrected chi connectivity index (χ3v) is 6.17. The zero-order valence-corrected chi connectivity index (χ0v) is 20.4. The number of ether oxygens (including phenoxy) is 1. The Morgan fingerprint density at radius 2 is 1.53 bits per heavy atom. The van der Waals surface area contributed by atoms with Crippen LogP contribution in [0.4, 0.5) is 0 Å². The number of aromatic nitrogens is 2. The van der Waals surface area contributed by atoms with Gasteiger partial charge in [-0.05, 0) is 30.7 Å². The number of aryl methyl sites for hydroxylation is 1. The van der Waals surface area contributed by atoms with Crippen molar-refractivity contribution in [2.75, 3.05) is 0 Å². The Morgan fingerprint density at radius 1 is 0.875 bits per heavy atom. The van der Waals surface area contributed by atoms with Gasteiger partial charge in [-0.3, -0.25) is 4.79 Å². The van der Waals surface area contributed by atoms with Crippen LogP contribution in [0, 0.1) is 5.92 Å². The average molecular weight is 439 g/mol. The first-order valence-electron chi connectivity index (χ1n) is 12.7. The minimum absolute atomic E-state index is 0.202. The van der Waals surface area contributed by atoms with Gasteiger partial charge in [0.25, 0.3) is 0 Å². The Morgan fingerprint density at radius 3 is 2.22 bits per heavy atom. The van der Waals surface area contributed by atoms with Gasteiger partial charge in [0.2, 0.25) is 0 Å². The third kappa shape index (κ3) is 10.4. The van der Waals surface area contributed by atoms with Gasteiger partial charge in [0.05, 0.1) is 12.4 Å². The van der Waals surface area contributed by atoms with E-state index in [1.807, 2.05) is 0 Å². The Labute approximate surface area is 195 Å². The van der Waals surface area contributed by atoms with E-state index in [2.05, 4.69) is 55.0 Å². The maximum atomic E-state index is 12.1. The quantitative estimate of drug-likeness (QED) is 0.197. The summed E-state index contributed by atoms with van der Waals surface area (Å²) < 4.78 is 5.39. The number of carbonyl (C=O) groups is 1. The maximum Gasteiger partial charge on any atom is 0.311 e. The van der Waals surface area contributed by atoms with Gasteiger partial charge in [-0.2, -0.15) is 0 Å². The van der Waals surface area contributed by atoms with Gasteiger partial charge in [-0.1, -0.05) is 103 Å². The Kier molecular flexibility index (Phi) is 12.6. The summed E-state index contributed by atoms with van der Waals surface area (Å²) in [4.78, 5) is 20.8. The number of hydrogen-bond acceptors (Lipinski definition) is 4. The van der Waals surface area contributed by atoms with Gasteiger partial charge in [0.15, 0.2) is 11.6 Å². The molecule has 0 radical (unpaired) electrons. The molecule has 0 N–H and O–H groups in total. The van der Waals surface area contributed by atoms with E-state index in [9.17, 15) is 4.79 Å². The molecule has 4 nitrogen and oxygen atoms in total. The van der Waals surface area contributed by atoms with Gasteiger partial charge in [0, 0.05) is 12.0 Å². The molecule has 2 rings (SSSR count). The fourth-order valence-corrected chi connectivity index (χ4v) is 3.77. The molecule has 0 saturated carbocycles. The molecule has 0 aliphatic carbocycles. The van der Waals surface area contributed by atoms with Crippen molar-refractivity contribution in [2.45, 2.75) is 104 Å². The van der Waals surface area contributed by atoms with E-state index in [0.717, 1.165) is 30.7 Å². The monoisotopic (exact) mass is 438 g/mol. The molecule has 0 fully saturated rings. The molecule has 2 aromatic rings. The summed E-state index contributed by atoms with van der Waals surface area (Å²) in [6, 6.07) is 8.47. The molecule has 0 spiro atoms. The summed E-state index contributed by atoms with van der Waals surface area (Å²) in [6.07, 6.45) is 18.2. The molecule has 0 bridgehead atoms. The minimum Gasteiger partial charge on any atom is -0.423 e. The van der Waals surface area contributed by atoms with E-state index in [-0.39, 0.29) is 5.97 Å². The second-order valence-corrected chi connectivity index (χ2v) is 9.04. The highest BCUT2D eigenvalue weighted by Gasteiger charge is 2.08. The zero-order chi connectivity index (χ0) is 23.0. The van der Waals surface area contributed by atoms with Crippen molar-refractivity contribution in [3.05, 3.63) is 42.2 Å². The van der Waals surface area contributed by atoms with Crippen molar-refractivity contribution in [1.82, 2.24) is 9.97 Å². The first-order valence-corrected chi connectivity index (χ1v) is 12.7. The number of unbranched alkanes of at least 4 members (excludes halogenated alkanes) is 7. The number of benzene rings is 1. The topological polar surface area (TPSA) is 52.1 Å². The molecule has 0 saturated heterocycles. The SMILES string of the molecule is CCCCCCCc1ccc(-c2ncc(OC(=O)CCCCCCC(C)CC)cn2)cc1. The molecule has 0 aliphatic heterocycles. The maximum absolute atomic E-state index is 12.1. The van der Waals surface area contributed by atoms with Crippen LogP contribution < -0.4 is 4.74 Å². The molecule has 1 heterocycles. The van der Waals surface area contributed by atoms with Gasteiger partial charge in [-0.25, -0.2) is 9.97 Å². The highest BCUT2D eigenvalue weighted by Crippen LogP contribution is 2.19. The van der Waals surface area contributed by atoms with Crippen LogP contribution in [0.5, 0.6) is 5.75 Å². The largest absolute Gasteiger partial charge is 0.423 e. The second-order valence-electron chi connectivity index (χ2n) is 9.04. The zero-order valence-electron chi connectivity index (χ0n) is 20.4. The Balaban J connectivity index is 1.69. The van der Waals surface area contributed by atoms with Gasteiger partial charge < -0.3 is 4.74 Å². The molecule has 4 heteroatoms. The highest BCUT2D eigenvalue weighted by atomic mass is 16.5. The van der Waals surface area contributed by atoms with Crippen molar-refractivity contribution in [3.8, 4) is 17.1 Å². The molecule has 1 atom stereocenters. The lowest BCUT2D eigenvalue weighted by Crippen LogP contribution is -2.08. The normalized spacial score (nSPS) is 12.0. The molecule has 32 heavy (non-hydrogen) atoms. The van der Waals surface area contributed by atoms with Gasteiger partial charge in [0.1, 0.15) is 0 Å². The summed E-state index contributed by atoms with van der Waals surface area (Å²) in [5, 5.41) is 0. The first-order chi connectivity index (χ1) is 15.6. The highest BCUT2D eigenvalue weighted by molar-refractivity contribution is 5.72. The van der Waals surface area contributed by atoms with E-state index in [1.165, 1.54) is 63.4 Å². The van der Waals surface area contributed by atoms with E-state index in [4.69, 9.17) is 4.74 Å². The van der Waals surface area contributed by atoms with Crippen molar-refractivity contribution in [1.29, 1.82) is 0 Å². The summed E-state index contributed by atoms with van der Waals surface area (Å²) in [5.74, 6) is 1.67. The van der Waals surface area contributed by atoms with Crippen molar-refractivity contribution in [2.24, 2.45) is 5.92 Å². The number of hydrogen-bond donors (Lipinski definition) is 0. The molecule has 1 aromatic heterocycles. The fraction of sp³-hybridized carbons (Fsp3) is 0.607. The molecule has 0 aliphatic rings. The molecular formula is C28H42N2O2. The predicted molar refractivity (Wildman–Crippen MR) is 133 cm³/mol. The van der Waals surface area contributed by atoms with Crippen LogP contribution in [0.15, 0.2) is 36.7 Å². The average Bonchev–Trinajstić information content (AvgIpc) is 2.82. The van der Waals surface area contributed by atoms with Crippen LogP contribution in [-0.2, 0) is 11.2 Å². The van der Waals surface area contributed by atoms with E-state index < -0.39 is 0 Å². The van der Waals surface area contributed by atoms with E-state index >= 15 is 0 Å². The smallest absolute Gasteiger partial charge is 0.311 e. The summed E-state index contributed by atoms with van der Waals surface area (Å²) >= 11 is 0. The summed E-state index contributed by atoms with van der Waals surface area (Å²) in [6.45, 7) is 6.79. The molecule has 176 valence electrons. The van der Waals surface area contributed by atoms with Gasteiger partial charge in [-0.15, -0.1) is 0 Å². The summed E-state index contributed by atoms with van der Waals surface area (Å²) in [7, 11) is 0. The molecular weight excluding hydrogens is 396 g/mol. The van der Waals surface area contributed by atoms with Crippen LogP contribution in [0.2, 0.25) is 0 Å². The van der Waals surface area contributed by atoms with E-state index in [0.29, 0.717) is 18.0 Å². The molecule has 1 aromatic carbocycles. The third-order valence-electron chi connectivity index (χ3n) is 6.17. The Bertz CT molecular complexity index is 756. The lowest BCUT2D eigenvalue weighted by Gasteiger charge is -2.08. The first kappa shape index (κ1) is 26.0. The van der Waals surface area contributed by atoms with Crippen molar-refractivity contribution < 1.29 is 9.53 Å². The number of nitrogens with zero attached hydrogens (tertiary/aromatic N) is 2. The van der Waals surface area contributed by atoms with Crippen LogP contribution in [0.25, 0.3) is 11.4 Å². The van der Waals surface area contributed by atoms with E-state index in [1.54, 1.807) is 12.4 Å². The molecule has 0 amide bonds. The number of rotatable bonds is 16. The number of esters is 1. The van der Waals surface area contributed by atoms with Crippen molar-refractivity contribution in [3.63, 3.8) is 0 Å². The lowest BCUT2D eigenvalue weighted by molar-refractivity contribution is -0.134. The second kappa shape index (κ2) is 15.6. The van der Waals surface area contributed by atoms with Crippen LogP contribution >= 0.6 is 0 Å². The van der Waals surface area contributed by atoms with Crippen LogP contribution in [0.1, 0.15) is 103 Å². The van der Waals surface area contributed by atoms with Crippen LogP contribution in [0.3, 0.4) is 0 Å².